The van der Waals surface area contributed by atoms with Gasteiger partial charge in [0, 0.05) is 32.6 Å². The van der Waals surface area contributed by atoms with E-state index in [1.54, 1.807) is 10.4 Å². The van der Waals surface area contributed by atoms with Gasteiger partial charge in [-0.05, 0) is 54.9 Å². The van der Waals surface area contributed by atoms with Crippen molar-refractivity contribution in [3.05, 3.63) is 29.3 Å². The van der Waals surface area contributed by atoms with E-state index < -0.39 is 10.0 Å². The molecular formula is C19H28N2O3S. The van der Waals surface area contributed by atoms with Crippen molar-refractivity contribution in [3.63, 3.8) is 0 Å². The average molecular weight is 365 g/mol. The first-order valence-electron chi connectivity index (χ1n) is 9.27. The van der Waals surface area contributed by atoms with Crippen LogP contribution in [0.15, 0.2) is 23.1 Å². The number of carbonyl (C=O) groups excluding carboxylic acids is 1. The summed E-state index contributed by atoms with van der Waals surface area (Å²) < 4.78 is 27.6. The normalized spacial score (nSPS) is 19.1. The standard InChI is InChI=1S/C19H28N2O3S/c1-15(2)13-19(22)20-9-4-10-21(12-11-20)25(23,24)18-8-7-16-5-3-6-17(16)14-18/h7-8,14-15H,3-6,9-13H2,1-2H3. The molecule has 0 saturated carbocycles. The van der Waals surface area contributed by atoms with Gasteiger partial charge >= 0.3 is 0 Å². The first-order chi connectivity index (χ1) is 11.9. The highest BCUT2D eigenvalue weighted by atomic mass is 32.2. The van der Waals surface area contributed by atoms with Crippen LogP contribution in [-0.4, -0.2) is 49.7 Å². The number of carbonyl (C=O) groups is 1. The molecule has 0 atom stereocenters. The molecule has 5 nitrogen and oxygen atoms in total. The van der Waals surface area contributed by atoms with Crippen molar-refractivity contribution in [1.29, 1.82) is 0 Å². The predicted octanol–water partition coefficient (Wildman–Crippen LogP) is 2.44. The lowest BCUT2D eigenvalue weighted by Gasteiger charge is -2.23. The molecule has 2 aliphatic rings. The van der Waals surface area contributed by atoms with Crippen molar-refractivity contribution in [1.82, 2.24) is 9.21 Å². The third-order valence-electron chi connectivity index (χ3n) is 5.10. The lowest BCUT2D eigenvalue weighted by Crippen LogP contribution is -2.37. The molecule has 1 aliphatic heterocycles. The Hall–Kier alpha value is -1.40. The van der Waals surface area contributed by atoms with Gasteiger partial charge in [0.2, 0.25) is 15.9 Å². The van der Waals surface area contributed by atoms with Gasteiger partial charge in [-0.2, -0.15) is 4.31 Å². The third-order valence-corrected chi connectivity index (χ3v) is 6.99. The molecule has 1 aliphatic carbocycles. The van der Waals surface area contributed by atoms with Crippen LogP contribution in [0, 0.1) is 5.92 Å². The van der Waals surface area contributed by atoms with Crippen LogP contribution in [0.1, 0.15) is 44.2 Å². The topological polar surface area (TPSA) is 57.7 Å². The summed E-state index contributed by atoms with van der Waals surface area (Å²) in [4.78, 5) is 14.5. The minimum atomic E-state index is -3.48. The Labute approximate surface area is 151 Å². The zero-order valence-corrected chi connectivity index (χ0v) is 16.0. The molecule has 25 heavy (non-hydrogen) atoms. The average Bonchev–Trinajstić information content (AvgIpc) is 2.87. The summed E-state index contributed by atoms with van der Waals surface area (Å²) in [6.07, 6.45) is 4.34. The molecule has 1 heterocycles. The zero-order valence-electron chi connectivity index (χ0n) is 15.2. The molecule has 1 fully saturated rings. The third kappa shape index (κ3) is 4.06. The van der Waals surface area contributed by atoms with E-state index >= 15 is 0 Å². The summed E-state index contributed by atoms with van der Waals surface area (Å²) in [6, 6.07) is 5.56. The first kappa shape index (κ1) is 18.4. The van der Waals surface area contributed by atoms with Crippen LogP contribution in [0.5, 0.6) is 0 Å². The van der Waals surface area contributed by atoms with Gasteiger partial charge in [-0.25, -0.2) is 8.42 Å². The van der Waals surface area contributed by atoms with E-state index in [4.69, 9.17) is 0 Å². The fourth-order valence-corrected chi connectivity index (χ4v) is 5.24. The lowest BCUT2D eigenvalue weighted by molar-refractivity contribution is -0.131. The summed E-state index contributed by atoms with van der Waals surface area (Å²) >= 11 is 0. The van der Waals surface area contributed by atoms with Crippen molar-refractivity contribution in [2.45, 2.75) is 50.8 Å². The molecule has 0 unspecified atom stereocenters. The minimum absolute atomic E-state index is 0.131. The maximum atomic E-state index is 13.0. The number of hydrogen-bond acceptors (Lipinski definition) is 3. The van der Waals surface area contributed by atoms with Crippen LogP contribution in [0.25, 0.3) is 0 Å². The van der Waals surface area contributed by atoms with Crippen molar-refractivity contribution in [3.8, 4) is 0 Å². The van der Waals surface area contributed by atoms with Crippen molar-refractivity contribution < 1.29 is 13.2 Å². The molecule has 0 spiro atoms. The Morgan fingerprint density at radius 1 is 1.04 bits per heavy atom. The van der Waals surface area contributed by atoms with E-state index in [1.807, 2.05) is 30.9 Å². The first-order valence-corrected chi connectivity index (χ1v) is 10.7. The molecule has 0 N–H and O–H groups in total. The molecular weight excluding hydrogens is 336 g/mol. The van der Waals surface area contributed by atoms with E-state index in [0.717, 1.165) is 19.3 Å². The molecule has 0 radical (unpaired) electrons. The summed E-state index contributed by atoms with van der Waals surface area (Å²) in [7, 11) is -3.48. The van der Waals surface area contributed by atoms with Crippen LogP contribution in [-0.2, 0) is 27.7 Å². The number of nitrogens with zero attached hydrogens (tertiary/aromatic N) is 2. The van der Waals surface area contributed by atoms with Crippen LogP contribution in [0.3, 0.4) is 0 Å². The molecule has 1 saturated heterocycles. The molecule has 6 heteroatoms. The second kappa shape index (κ2) is 7.46. The number of rotatable bonds is 4. The quantitative estimate of drug-likeness (QED) is 0.824. The minimum Gasteiger partial charge on any atom is -0.341 e. The van der Waals surface area contributed by atoms with Gasteiger partial charge < -0.3 is 4.90 Å². The van der Waals surface area contributed by atoms with E-state index in [0.29, 0.717) is 49.8 Å². The molecule has 3 rings (SSSR count). The van der Waals surface area contributed by atoms with E-state index in [-0.39, 0.29) is 5.91 Å². The number of hydrogen-bond donors (Lipinski definition) is 0. The van der Waals surface area contributed by atoms with E-state index in [9.17, 15) is 13.2 Å². The summed E-state index contributed by atoms with van der Waals surface area (Å²) in [5.41, 5.74) is 2.45. The smallest absolute Gasteiger partial charge is 0.243 e. The van der Waals surface area contributed by atoms with Gasteiger partial charge in [-0.1, -0.05) is 19.9 Å². The number of fused-ring (bicyclic) bond motifs is 1. The highest BCUT2D eigenvalue weighted by Gasteiger charge is 2.29. The number of sulfonamides is 1. The fraction of sp³-hybridized carbons (Fsp3) is 0.632. The molecule has 1 aromatic carbocycles. The molecule has 0 bridgehead atoms. The largest absolute Gasteiger partial charge is 0.341 e. The highest BCUT2D eigenvalue weighted by molar-refractivity contribution is 7.89. The SMILES string of the molecule is CC(C)CC(=O)N1CCCN(S(=O)(=O)c2ccc3c(c2)CCC3)CC1. The van der Waals surface area contributed by atoms with Gasteiger partial charge in [0.25, 0.3) is 0 Å². The van der Waals surface area contributed by atoms with E-state index in [2.05, 4.69) is 0 Å². The summed E-state index contributed by atoms with van der Waals surface area (Å²) in [5, 5.41) is 0. The Kier molecular flexibility index (Phi) is 5.49. The number of benzene rings is 1. The Morgan fingerprint density at radius 3 is 2.56 bits per heavy atom. The molecule has 1 amide bonds. The second-order valence-corrected chi connectivity index (χ2v) is 9.46. The van der Waals surface area contributed by atoms with Gasteiger partial charge in [0.1, 0.15) is 0 Å². The lowest BCUT2D eigenvalue weighted by atomic mass is 10.1. The summed E-state index contributed by atoms with van der Waals surface area (Å²) in [5.74, 6) is 0.453. The summed E-state index contributed by atoms with van der Waals surface area (Å²) in [6.45, 7) is 6.03. The maximum Gasteiger partial charge on any atom is 0.243 e. The highest BCUT2D eigenvalue weighted by Crippen LogP contribution is 2.26. The number of aryl methyl sites for hydroxylation is 2. The maximum absolute atomic E-state index is 13.0. The van der Waals surface area contributed by atoms with Gasteiger partial charge in [0.15, 0.2) is 0 Å². The van der Waals surface area contributed by atoms with Gasteiger partial charge in [0.05, 0.1) is 4.90 Å². The van der Waals surface area contributed by atoms with Gasteiger partial charge in [-0.15, -0.1) is 0 Å². The Balaban J connectivity index is 1.72. The van der Waals surface area contributed by atoms with Crippen LogP contribution < -0.4 is 0 Å². The van der Waals surface area contributed by atoms with Crippen molar-refractivity contribution >= 4 is 15.9 Å². The second-order valence-electron chi connectivity index (χ2n) is 7.52. The zero-order chi connectivity index (χ0) is 18.0. The monoisotopic (exact) mass is 364 g/mol. The Bertz CT molecular complexity index is 743. The molecule has 0 aromatic heterocycles. The van der Waals surface area contributed by atoms with Crippen molar-refractivity contribution in [2.75, 3.05) is 26.2 Å². The molecule has 138 valence electrons. The number of amides is 1. The predicted molar refractivity (Wildman–Crippen MR) is 97.9 cm³/mol. The Morgan fingerprint density at radius 2 is 1.80 bits per heavy atom. The van der Waals surface area contributed by atoms with E-state index in [1.165, 1.54) is 11.1 Å². The van der Waals surface area contributed by atoms with Crippen LogP contribution in [0.2, 0.25) is 0 Å². The van der Waals surface area contributed by atoms with Crippen molar-refractivity contribution in [2.24, 2.45) is 5.92 Å². The van der Waals surface area contributed by atoms with Gasteiger partial charge in [-0.3, -0.25) is 4.79 Å². The fourth-order valence-electron chi connectivity index (χ4n) is 3.72. The molecule has 1 aromatic rings. The van der Waals surface area contributed by atoms with Crippen LogP contribution in [0.4, 0.5) is 0 Å². The van der Waals surface area contributed by atoms with Crippen LogP contribution >= 0.6 is 0 Å².